The Bertz CT molecular complexity index is 668. The van der Waals surface area contributed by atoms with Crippen molar-refractivity contribution in [2.24, 2.45) is 11.8 Å². The Kier molecular flexibility index (Phi) is 5.86. The second-order valence-electron chi connectivity index (χ2n) is 7.21. The summed E-state index contributed by atoms with van der Waals surface area (Å²) >= 11 is 5.59. The zero-order valence-electron chi connectivity index (χ0n) is 13.9. The van der Waals surface area contributed by atoms with Gasteiger partial charge in [-0.05, 0) is 45.6 Å². The van der Waals surface area contributed by atoms with E-state index in [2.05, 4.69) is 4.72 Å². The summed E-state index contributed by atoms with van der Waals surface area (Å²) in [6.45, 7) is 5.04. The van der Waals surface area contributed by atoms with Gasteiger partial charge < -0.3 is 0 Å². The summed E-state index contributed by atoms with van der Waals surface area (Å²) in [5.74, 6) is -4.04. The minimum absolute atomic E-state index is 0.0744. The molecule has 2 nitrogen and oxygen atoms in total. The molecule has 0 radical (unpaired) electrons. The lowest BCUT2D eigenvalue weighted by molar-refractivity contribution is -0.206. The summed E-state index contributed by atoms with van der Waals surface area (Å²) in [7, 11) is -1.64. The van der Waals surface area contributed by atoms with E-state index in [0.717, 1.165) is 12.1 Å². The number of alkyl halides is 3. The zero-order chi connectivity index (χ0) is 19.2. The van der Waals surface area contributed by atoms with E-state index < -0.39 is 56.4 Å². The molecular weight excluding hydrogens is 385 g/mol. The first kappa shape index (κ1) is 20.6. The largest absolute Gasteiger partial charge is 0.391 e. The van der Waals surface area contributed by atoms with Gasteiger partial charge in [-0.1, -0.05) is 17.7 Å². The maximum absolute atomic E-state index is 14.4. The van der Waals surface area contributed by atoms with Crippen LogP contribution in [0.15, 0.2) is 12.1 Å². The van der Waals surface area contributed by atoms with Crippen LogP contribution in [0.3, 0.4) is 0 Å². The molecule has 1 fully saturated rings. The lowest BCUT2D eigenvalue weighted by Crippen LogP contribution is -2.45. The molecule has 1 aliphatic carbocycles. The Morgan fingerprint density at radius 1 is 1.20 bits per heavy atom. The first-order chi connectivity index (χ1) is 11.3. The molecule has 1 N–H and O–H groups in total. The van der Waals surface area contributed by atoms with Gasteiger partial charge in [-0.15, -0.1) is 0 Å². The molecule has 25 heavy (non-hydrogen) atoms. The third kappa shape index (κ3) is 4.52. The van der Waals surface area contributed by atoms with Gasteiger partial charge in [0.1, 0.15) is 16.7 Å². The number of rotatable bonds is 4. The van der Waals surface area contributed by atoms with Crippen LogP contribution in [0.1, 0.15) is 45.2 Å². The zero-order valence-corrected chi connectivity index (χ0v) is 15.5. The first-order valence-electron chi connectivity index (χ1n) is 7.70. The Balaban J connectivity index is 2.31. The molecular formula is C16H19ClF5NOS. The van der Waals surface area contributed by atoms with Gasteiger partial charge in [0, 0.05) is 5.56 Å². The third-order valence-electron chi connectivity index (χ3n) is 4.30. The highest BCUT2D eigenvalue weighted by Gasteiger charge is 2.50. The van der Waals surface area contributed by atoms with Crippen LogP contribution in [0.5, 0.6) is 0 Å². The van der Waals surface area contributed by atoms with Crippen molar-refractivity contribution in [1.82, 2.24) is 4.72 Å². The van der Waals surface area contributed by atoms with Crippen LogP contribution < -0.4 is 4.72 Å². The minimum Gasteiger partial charge on any atom is -0.242 e. The molecule has 0 heterocycles. The molecule has 1 aromatic rings. The maximum atomic E-state index is 14.4. The highest BCUT2D eigenvalue weighted by atomic mass is 35.5. The second-order valence-corrected chi connectivity index (χ2v) is 9.59. The Morgan fingerprint density at radius 3 is 2.24 bits per heavy atom. The third-order valence-corrected chi connectivity index (χ3v) is 6.23. The Morgan fingerprint density at radius 2 is 1.76 bits per heavy atom. The number of hydrogen-bond donors (Lipinski definition) is 1. The summed E-state index contributed by atoms with van der Waals surface area (Å²) in [6.07, 6.45) is -4.74. The Labute approximate surface area is 150 Å². The second kappa shape index (κ2) is 7.12. The van der Waals surface area contributed by atoms with Gasteiger partial charge in [-0.2, -0.15) is 13.2 Å². The molecule has 1 aliphatic rings. The van der Waals surface area contributed by atoms with Crippen molar-refractivity contribution in [2.45, 2.75) is 50.6 Å². The quantitative estimate of drug-likeness (QED) is 0.536. The van der Waals surface area contributed by atoms with Crippen molar-refractivity contribution in [3.63, 3.8) is 0 Å². The van der Waals surface area contributed by atoms with Gasteiger partial charge in [-0.3, -0.25) is 0 Å². The van der Waals surface area contributed by atoms with Crippen LogP contribution in [0.25, 0.3) is 0 Å². The summed E-state index contributed by atoms with van der Waals surface area (Å²) in [5, 5.41) is -0.725. The van der Waals surface area contributed by atoms with E-state index in [9.17, 15) is 26.2 Å². The molecule has 2 rings (SSSR count). The van der Waals surface area contributed by atoms with Crippen molar-refractivity contribution in [2.75, 3.05) is 0 Å². The molecule has 142 valence electrons. The van der Waals surface area contributed by atoms with Crippen molar-refractivity contribution in [3.05, 3.63) is 34.4 Å². The molecule has 1 aromatic carbocycles. The van der Waals surface area contributed by atoms with Crippen LogP contribution in [-0.4, -0.2) is 15.1 Å². The average Bonchev–Trinajstić information content (AvgIpc) is 2.40. The summed E-state index contributed by atoms with van der Waals surface area (Å²) in [4.78, 5) is 0. The van der Waals surface area contributed by atoms with Gasteiger partial charge in [0.25, 0.3) is 0 Å². The highest BCUT2D eigenvalue weighted by Crippen LogP contribution is 2.50. The van der Waals surface area contributed by atoms with Crippen molar-refractivity contribution >= 4 is 22.6 Å². The van der Waals surface area contributed by atoms with Crippen LogP contribution in [0, 0.1) is 23.5 Å². The van der Waals surface area contributed by atoms with E-state index in [-0.39, 0.29) is 18.4 Å². The van der Waals surface area contributed by atoms with E-state index >= 15 is 0 Å². The molecule has 2 atom stereocenters. The summed E-state index contributed by atoms with van der Waals surface area (Å²) < 4.78 is 80.5. The number of hydrogen-bond acceptors (Lipinski definition) is 1. The minimum atomic E-state index is -4.32. The van der Waals surface area contributed by atoms with Gasteiger partial charge in [-0.25, -0.2) is 17.7 Å². The van der Waals surface area contributed by atoms with Crippen molar-refractivity contribution in [3.8, 4) is 0 Å². The molecule has 0 bridgehead atoms. The molecule has 0 saturated heterocycles. The first-order valence-corrected chi connectivity index (χ1v) is 9.23. The fraction of sp³-hybridized carbons (Fsp3) is 0.625. The molecule has 0 aliphatic heterocycles. The van der Waals surface area contributed by atoms with Gasteiger partial charge >= 0.3 is 6.18 Å². The molecule has 0 amide bonds. The van der Waals surface area contributed by atoms with E-state index in [1.54, 1.807) is 20.8 Å². The Hall–Kier alpha value is -0.730. The maximum Gasteiger partial charge on any atom is 0.391 e. The number of nitrogens with one attached hydrogen (secondary N) is 1. The van der Waals surface area contributed by atoms with Crippen LogP contribution in [0.2, 0.25) is 5.02 Å². The smallest absolute Gasteiger partial charge is 0.242 e. The van der Waals surface area contributed by atoms with Crippen molar-refractivity contribution in [1.29, 1.82) is 0 Å². The predicted octanol–water partition coefficient (Wildman–Crippen LogP) is 5.30. The number of benzene rings is 1. The van der Waals surface area contributed by atoms with E-state index in [4.69, 9.17) is 11.6 Å². The molecule has 0 aromatic heterocycles. The molecule has 9 heteroatoms. The molecule has 1 saturated carbocycles. The SMILES string of the molecule is CC(C)(C)[S@@](=O)N[C@@H](c1ccc(F)c(Cl)c1F)C1CC(C(F)(F)F)C1. The van der Waals surface area contributed by atoms with Crippen LogP contribution in [0.4, 0.5) is 22.0 Å². The molecule has 0 unspecified atom stereocenters. The van der Waals surface area contributed by atoms with E-state index in [1.165, 1.54) is 0 Å². The predicted molar refractivity (Wildman–Crippen MR) is 87.4 cm³/mol. The fourth-order valence-electron chi connectivity index (χ4n) is 2.69. The van der Waals surface area contributed by atoms with Gasteiger partial charge in [0.05, 0.1) is 27.7 Å². The molecule has 0 spiro atoms. The van der Waals surface area contributed by atoms with Crippen LogP contribution >= 0.6 is 11.6 Å². The van der Waals surface area contributed by atoms with E-state index in [1.807, 2.05) is 0 Å². The lowest BCUT2D eigenvalue weighted by atomic mass is 9.69. The van der Waals surface area contributed by atoms with Crippen LogP contribution in [-0.2, 0) is 11.0 Å². The van der Waals surface area contributed by atoms with Crippen molar-refractivity contribution < 1.29 is 26.2 Å². The monoisotopic (exact) mass is 403 g/mol. The lowest BCUT2D eigenvalue weighted by Gasteiger charge is -2.42. The topological polar surface area (TPSA) is 29.1 Å². The summed E-state index contributed by atoms with van der Waals surface area (Å²) in [5.41, 5.74) is -0.0744. The normalized spacial score (nSPS) is 23.9. The number of halogens is 6. The van der Waals surface area contributed by atoms with Gasteiger partial charge in [0.15, 0.2) is 0 Å². The average molecular weight is 404 g/mol. The van der Waals surface area contributed by atoms with Gasteiger partial charge in [0.2, 0.25) is 0 Å². The summed E-state index contributed by atoms with van der Waals surface area (Å²) in [6, 6.07) is 1.14. The highest BCUT2D eigenvalue weighted by molar-refractivity contribution is 7.84. The standard InChI is InChI=1S/C16H19ClF5NOS/c1-15(2,3)25(24)23-14(8-6-9(7-8)16(20,21)22)10-4-5-11(18)12(17)13(10)19/h4-5,8-9,14,23H,6-7H2,1-3H3/t8?,9?,14-,25-/m1/s1. The van der Waals surface area contributed by atoms with E-state index in [0.29, 0.717) is 0 Å². The fourth-order valence-corrected chi connectivity index (χ4v) is 3.76.